The fourth-order valence-corrected chi connectivity index (χ4v) is 4.43. The van der Waals surface area contributed by atoms with Gasteiger partial charge in [0.25, 0.3) is 0 Å². The van der Waals surface area contributed by atoms with Gasteiger partial charge in [0.1, 0.15) is 0 Å². The van der Waals surface area contributed by atoms with E-state index in [1.54, 1.807) is 0 Å². The monoisotopic (exact) mass is 233 g/mol. The quantitative estimate of drug-likeness (QED) is 0.644. The summed E-state index contributed by atoms with van der Waals surface area (Å²) < 4.78 is 0. The van der Waals surface area contributed by atoms with Crippen LogP contribution < -0.4 is 0 Å². The Labute approximate surface area is 101 Å². The summed E-state index contributed by atoms with van der Waals surface area (Å²) in [5, 5.41) is 18.5. The molecule has 16 heavy (non-hydrogen) atoms. The SMILES string of the molecule is CC1=C(C#N)[C@H](C)[C@@H](C#N)[C@]2(C)SCCN12. The zero-order chi connectivity index (χ0) is 11.9. The van der Waals surface area contributed by atoms with Crippen molar-refractivity contribution < 1.29 is 0 Å². The summed E-state index contributed by atoms with van der Waals surface area (Å²) in [4.78, 5) is 2.10. The molecule has 3 atom stereocenters. The summed E-state index contributed by atoms with van der Waals surface area (Å²) in [6, 6.07) is 4.68. The number of hydrogen-bond donors (Lipinski definition) is 0. The summed E-state index contributed by atoms with van der Waals surface area (Å²) >= 11 is 1.84. The van der Waals surface area contributed by atoms with Gasteiger partial charge >= 0.3 is 0 Å². The molecule has 0 spiro atoms. The fourth-order valence-electron chi connectivity index (χ4n) is 2.92. The maximum Gasteiger partial charge on any atom is 0.0994 e. The van der Waals surface area contributed by atoms with Gasteiger partial charge in [0.05, 0.1) is 28.5 Å². The van der Waals surface area contributed by atoms with Gasteiger partial charge in [-0.1, -0.05) is 6.92 Å². The summed E-state index contributed by atoms with van der Waals surface area (Å²) in [5.74, 6) is 0.984. The van der Waals surface area contributed by atoms with E-state index in [-0.39, 0.29) is 16.7 Å². The van der Waals surface area contributed by atoms with Crippen molar-refractivity contribution in [1.82, 2.24) is 4.90 Å². The molecule has 0 N–H and O–H groups in total. The number of nitriles is 2. The van der Waals surface area contributed by atoms with Crippen molar-refractivity contribution in [2.24, 2.45) is 11.8 Å². The molecular formula is C12H15N3S. The third-order valence-electron chi connectivity index (χ3n) is 3.83. The molecule has 0 bridgehead atoms. The van der Waals surface area contributed by atoms with Crippen molar-refractivity contribution in [1.29, 1.82) is 10.5 Å². The minimum Gasteiger partial charge on any atom is -0.358 e. The molecule has 3 nitrogen and oxygen atoms in total. The van der Waals surface area contributed by atoms with E-state index in [0.29, 0.717) is 0 Å². The molecule has 2 aliphatic rings. The Morgan fingerprint density at radius 3 is 2.75 bits per heavy atom. The van der Waals surface area contributed by atoms with E-state index in [9.17, 15) is 10.5 Å². The second-order valence-electron chi connectivity index (χ2n) is 4.56. The topological polar surface area (TPSA) is 50.8 Å². The molecule has 1 saturated heterocycles. The maximum absolute atomic E-state index is 9.35. The van der Waals surface area contributed by atoms with Crippen LogP contribution in [0.2, 0.25) is 0 Å². The predicted molar refractivity (Wildman–Crippen MR) is 64.1 cm³/mol. The fraction of sp³-hybridized carbons (Fsp3) is 0.667. The average molecular weight is 233 g/mol. The van der Waals surface area contributed by atoms with E-state index in [1.165, 1.54) is 0 Å². The van der Waals surface area contributed by atoms with E-state index in [2.05, 4.69) is 24.0 Å². The van der Waals surface area contributed by atoms with Gasteiger partial charge in [-0.2, -0.15) is 10.5 Å². The molecule has 4 heteroatoms. The van der Waals surface area contributed by atoms with E-state index < -0.39 is 0 Å². The third kappa shape index (κ3) is 1.26. The normalized spacial score (nSPS) is 37.9. The first-order chi connectivity index (χ1) is 7.56. The van der Waals surface area contributed by atoms with E-state index in [0.717, 1.165) is 23.6 Å². The molecule has 84 valence electrons. The molecule has 0 saturated carbocycles. The second-order valence-corrected chi connectivity index (χ2v) is 6.08. The summed E-state index contributed by atoms with van der Waals surface area (Å²) in [6.45, 7) is 7.08. The lowest BCUT2D eigenvalue weighted by molar-refractivity contribution is 0.169. The van der Waals surface area contributed by atoms with Gasteiger partial charge in [0.15, 0.2) is 0 Å². The van der Waals surface area contributed by atoms with Gasteiger partial charge in [0.2, 0.25) is 0 Å². The standard InChI is InChI=1S/C12H15N3S/c1-8-10(6-13)9(2)15-4-5-16-12(15,3)11(8)7-14/h8,11H,4-5H2,1-3H3/t8-,11+,12-/m0/s1. The first kappa shape index (κ1) is 11.4. The first-order valence-corrected chi connectivity index (χ1v) is 6.47. The van der Waals surface area contributed by atoms with Crippen molar-refractivity contribution >= 4 is 11.8 Å². The molecule has 0 unspecified atom stereocenters. The molecule has 0 amide bonds. The summed E-state index contributed by atoms with van der Waals surface area (Å²) in [7, 11) is 0. The van der Waals surface area contributed by atoms with Gasteiger partial charge in [-0.25, -0.2) is 0 Å². The lowest BCUT2D eigenvalue weighted by Crippen LogP contribution is -2.50. The maximum atomic E-state index is 9.35. The van der Waals surface area contributed by atoms with Crippen molar-refractivity contribution in [3.8, 4) is 12.1 Å². The highest BCUT2D eigenvalue weighted by molar-refractivity contribution is 8.00. The van der Waals surface area contributed by atoms with E-state index in [1.807, 2.05) is 25.6 Å². The van der Waals surface area contributed by atoms with Crippen LogP contribution in [0.1, 0.15) is 20.8 Å². The lowest BCUT2D eigenvalue weighted by Gasteiger charge is -2.46. The third-order valence-corrected chi connectivity index (χ3v) is 5.28. The van der Waals surface area contributed by atoms with Crippen LogP contribution in [-0.4, -0.2) is 22.1 Å². The second kappa shape index (κ2) is 3.71. The van der Waals surface area contributed by atoms with E-state index in [4.69, 9.17) is 0 Å². The van der Waals surface area contributed by atoms with Gasteiger partial charge in [-0.15, -0.1) is 11.8 Å². The van der Waals surface area contributed by atoms with Crippen LogP contribution in [0.15, 0.2) is 11.3 Å². The van der Waals surface area contributed by atoms with Gasteiger partial charge in [-0.05, 0) is 13.8 Å². The van der Waals surface area contributed by atoms with Crippen LogP contribution >= 0.6 is 11.8 Å². The molecular weight excluding hydrogens is 218 g/mol. The zero-order valence-electron chi connectivity index (χ0n) is 9.82. The Hall–Kier alpha value is -1.13. The van der Waals surface area contributed by atoms with Crippen LogP contribution in [-0.2, 0) is 0 Å². The minimum absolute atomic E-state index is 0.0434. The zero-order valence-corrected chi connectivity index (χ0v) is 10.6. The predicted octanol–water partition coefficient (Wildman–Crippen LogP) is 2.34. The smallest absolute Gasteiger partial charge is 0.0994 e. The molecule has 0 radical (unpaired) electrons. The van der Waals surface area contributed by atoms with Crippen LogP contribution in [0.3, 0.4) is 0 Å². The Bertz CT molecular complexity index is 429. The van der Waals surface area contributed by atoms with E-state index >= 15 is 0 Å². The Morgan fingerprint density at radius 1 is 1.50 bits per heavy atom. The van der Waals surface area contributed by atoms with Crippen LogP contribution in [0.5, 0.6) is 0 Å². The molecule has 0 aromatic carbocycles. The van der Waals surface area contributed by atoms with Crippen molar-refractivity contribution in [2.45, 2.75) is 25.6 Å². The number of fused-ring (bicyclic) bond motifs is 1. The largest absolute Gasteiger partial charge is 0.358 e. The number of allylic oxidation sites excluding steroid dienone is 2. The Morgan fingerprint density at radius 2 is 2.19 bits per heavy atom. The molecule has 0 aliphatic carbocycles. The molecule has 0 aromatic heterocycles. The molecule has 2 rings (SSSR count). The van der Waals surface area contributed by atoms with Crippen molar-refractivity contribution in [2.75, 3.05) is 12.3 Å². The van der Waals surface area contributed by atoms with Gasteiger partial charge in [0, 0.05) is 23.9 Å². The lowest BCUT2D eigenvalue weighted by atomic mass is 9.78. The average Bonchev–Trinajstić information content (AvgIpc) is 2.62. The first-order valence-electron chi connectivity index (χ1n) is 5.48. The number of thioether (sulfide) groups is 1. The number of nitrogens with zero attached hydrogens (tertiary/aromatic N) is 3. The highest BCUT2D eigenvalue weighted by Gasteiger charge is 2.51. The van der Waals surface area contributed by atoms with Crippen LogP contribution in [0.25, 0.3) is 0 Å². The highest BCUT2D eigenvalue weighted by Crippen LogP contribution is 2.51. The molecule has 0 aromatic rings. The highest BCUT2D eigenvalue weighted by atomic mass is 32.2. The molecule has 2 heterocycles. The number of rotatable bonds is 0. The number of hydrogen-bond acceptors (Lipinski definition) is 4. The van der Waals surface area contributed by atoms with Gasteiger partial charge in [-0.3, -0.25) is 0 Å². The molecule has 1 fully saturated rings. The Kier molecular flexibility index (Phi) is 2.64. The molecule has 2 aliphatic heterocycles. The summed E-state index contributed by atoms with van der Waals surface area (Å²) in [5.41, 5.74) is 1.85. The van der Waals surface area contributed by atoms with Crippen molar-refractivity contribution in [3.63, 3.8) is 0 Å². The Balaban J connectivity index is 2.56. The summed E-state index contributed by atoms with van der Waals surface area (Å²) in [6.07, 6.45) is 0. The van der Waals surface area contributed by atoms with Gasteiger partial charge < -0.3 is 4.90 Å². The van der Waals surface area contributed by atoms with Crippen LogP contribution in [0.4, 0.5) is 0 Å². The van der Waals surface area contributed by atoms with Crippen LogP contribution in [0, 0.1) is 34.5 Å². The minimum atomic E-state index is -0.140. The van der Waals surface area contributed by atoms with Crippen molar-refractivity contribution in [3.05, 3.63) is 11.3 Å².